The fourth-order valence-electron chi connectivity index (χ4n) is 2.68. The fraction of sp³-hybridized carbons (Fsp3) is 0.143. The molecule has 7 nitrogen and oxygen atoms in total. The maximum absolute atomic E-state index is 5.77. The molecular weight excluding hydrogens is 358 g/mol. The number of hydrogen-bond donors (Lipinski definition) is 1. The highest BCUT2D eigenvalue weighted by atomic mass is 16.7. The van der Waals surface area contributed by atoms with E-state index in [1.807, 2.05) is 36.4 Å². The molecule has 0 radical (unpaired) electrons. The summed E-state index contributed by atoms with van der Waals surface area (Å²) in [6, 6.07) is 7.51. The number of nitrogens with one attached hydrogen (secondary N) is 1. The first-order chi connectivity index (χ1) is 13.8. The van der Waals surface area contributed by atoms with Crippen LogP contribution in [0.2, 0.25) is 0 Å². The van der Waals surface area contributed by atoms with Crippen LogP contribution in [-0.4, -0.2) is 17.1 Å². The Balaban J connectivity index is 1.37. The summed E-state index contributed by atoms with van der Waals surface area (Å²) in [5.41, 5.74) is 1.88. The summed E-state index contributed by atoms with van der Waals surface area (Å²) in [4.78, 5) is 8.51. The van der Waals surface area contributed by atoms with Gasteiger partial charge in [0.15, 0.2) is 17.8 Å². The Kier molecular flexibility index (Phi) is 5.24. The van der Waals surface area contributed by atoms with Gasteiger partial charge >= 0.3 is 5.95 Å². The average molecular weight is 377 g/mol. The maximum Gasteiger partial charge on any atom is 0.327 e. The Labute approximate surface area is 162 Å². The van der Waals surface area contributed by atoms with Gasteiger partial charge in [-0.1, -0.05) is 24.3 Å². The third-order valence-corrected chi connectivity index (χ3v) is 4.05. The summed E-state index contributed by atoms with van der Waals surface area (Å²) >= 11 is 0. The molecule has 1 aromatic heterocycles. The topological polar surface area (TPSA) is 74.7 Å². The number of benzene rings is 1. The molecule has 28 heavy (non-hydrogen) atoms. The molecule has 0 bridgehead atoms. The van der Waals surface area contributed by atoms with Gasteiger partial charge in [-0.25, -0.2) is 9.97 Å². The Hall–Kier alpha value is -3.74. The van der Waals surface area contributed by atoms with Crippen LogP contribution in [-0.2, 0) is 9.47 Å². The average Bonchev–Trinajstić information content (AvgIpc) is 2.76. The zero-order chi connectivity index (χ0) is 19.2. The highest BCUT2D eigenvalue weighted by Crippen LogP contribution is 2.27. The number of allylic oxidation sites excluding steroid dienone is 4. The first-order valence-electron chi connectivity index (χ1n) is 8.81. The van der Waals surface area contributed by atoms with Crippen molar-refractivity contribution >= 4 is 11.6 Å². The van der Waals surface area contributed by atoms with Crippen molar-refractivity contribution in [3.8, 4) is 11.5 Å². The number of nitrogens with zero attached hydrogens (tertiary/aromatic N) is 2. The molecule has 1 aliphatic heterocycles. The lowest BCUT2D eigenvalue weighted by molar-refractivity contribution is 0.121. The lowest BCUT2D eigenvalue weighted by Gasteiger charge is -2.19. The fourth-order valence-corrected chi connectivity index (χ4v) is 2.68. The van der Waals surface area contributed by atoms with Crippen LogP contribution in [0.15, 0.2) is 84.7 Å². The Bertz CT molecular complexity index is 962. The van der Waals surface area contributed by atoms with Crippen molar-refractivity contribution in [3.05, 3.63) is 84.7 Å². The van der Waals surface area contributed by atoms with Gasteiger partial charge in [0.05, 0.1) is 19.5 Å². The van der Waals surface area contributed by atoms with Crippen LogP contribution in [0.25, 0.3) is 0 Å². The smallest absolute Gasteiger partial charge is 0.327 e. The monoisotopic (exact) mass is 377 g/mol. The zero-order valence-corrected chi connectivity index (χ0v) is 15.3. The molecule has 142 valence electrons. The normalized spacial score (nSPS) is 15.4. The lowest BCUT2D eigenvalue weighted by Crippen LogP contribution is -2.08. The minimum Gasteiger partial charge on any atom is -0.497 e. The SMILES string of the molecule is COc1cccc(Nc2ncc(OC3=COC=C(C4=CC=CCC4)O3)cn2)c1. The van der Waals surface area contributed by atoms with Crippen molar-refractivity contribution in [2.75, 3.05) is 12.4 Å². The minimum absolute atomic E-state index is 0.227. The highest BCUT2D eigenvalue weighted by molar-refractivity contribution is 5.55. The summed E-state index contributed by atoms with van der Waals surface area (Å²) in [6.07, 6.45) is 14.1. The van der Waals surface area contributed by atoms with E-state index in [1.165, 1.54) is 6.26 Å². The lowest BCUT2D eigenvalue weighted by atomic mass is 10.0. The largest absolute Gasteiger partial charge is 0.497 e. The van der Waals surface area contributed by atoms with E-state index in [9.17, 15) is 0 Å². The molecule has 0 atom stereocenters. The van der Waals surface area contributed by atoms with E-state index in [1.54, 1.807) is 25.8 Å². The van der Waals surface area contributed by atoms with Crippen LogP contribution in [0.3, 0.4) is 0 Å². The van der Waals surface area contributed by atoms with Gasteiger partial charge in [0.1, 0.15) is 12.0 Å². The molecule has 0 saturated carbocycles. The van der Waals surface area contributed by atoms with Crippen molar-refractivity contribution in [2.45, 2.75) is 12.8 Å². The molecule has 0 fully saturated rings. The van der Waals surface area contributed by atoms with Crippen molar-refractivity contribution in [3.63, 3.8) is 0 Å². The van der Waals surface area contributed by atoms with Crippen molar-refractivity contribution < 1.29 is 18.9 Å². The van der Waals surface area contributed by atoms with Crippen LogP contribution < -0.4 is 14.8 Å². The number of aromatic nitrogens is 2. The second kappa shape index (κ2) is 8.30. The number of ether oxygens (including phenoxy) is 4. The molecule has 2 heterocycles. The van der Waals surface area contributed by atoms with Crippen LogP contribution in [0.5, 0.6) is 11.5 Å². The third kappa shape index (κ3) is 4.32. The molecule has 4 rings (SSSR count). The second-order valence-corrected chi connectivity index (χ2v) is 6.02. The van der Waals surface area contributed by atoms with Crippen LogP contribution in [0.4, 0.5) is 11.6 Å². The maximum atomic E-state index is 5.77. The molecule has 0 spiro atoms. The van der Waals surface area contributed by atoms with E-state index in [0.29, 0.717) is 17.5 Å². The zero-order valence-electron chi connectivity index (χ0n) is 15.3. The summed E-state index contributed by atoms with van der Waals surface area (Å²) in [5, 5.41) is 3.11. The van der Waals surface area contributed by atoms with Gasteiger partial charge in [0, 0.05) is 11.8 Å². The molecule has 2 aliphatic rings. The van der Waals surface area contributed by atoms with Gasteiger partial charge in [-0.05, 0) is 30.5 Å². The van der Waals surface area contributed by atoms with Crippen LogP contribution in [0.1, 0.15) is 12.8 Å². The Morgan fingerprint density at radius 1 is 1.11 bits per heavy atom. The van der Waals surface area contributed by atoms with E-state index >= 15 is 0 Å². The molecular formula is C21H19N3O4. The predicted molar refractivity (Wildman–Crippen MR) is 104 cm³/mol. The van der Waals surface area contributed by atoms with E-state index in [4.69, 9.17) is 18.9 Å². The van der Waals surface area contributed by atoms with E-state index in [0.717, 1.165) is 29.9 Å². The van der Waals surface area contributed by atoms with Gasteiger partial charge in [-0.15, -0.1) is 0 Å². The van der Waals surface area contributed by atoms with Gasteiger partial charge in [-0.2, -0.15) is 0 Å². The predicted octanol–water partition coefficient (Wildman–Crippen LogP) is 4.57. The molecule has 1 aliphatic carbocycles. The molecule has 7 heteroatoms. The van der Waals surface area contributed by atoms with Crippen molar-refractivity contribution in [2.24, 2.45) is 0 Å². The Morgan fingerprint density at radius 2 is 2.00 bits per heavy atom. The van der Waals surface area contributed by atoms with Gasteiger partial charge in [-0.3, -0.25) is 0 Å². The first-order valence-corrected chi connectivity index (χ1v) is 8.81. The number of anilines is 2. The summed E-state index contributed by atoms with van der Waals surface area (Å²) in [5.74, 6) is 2.49. The minimum atomic E-state index is 0.227. The standard InChI is InChI=1S/C21H19N3O4/c1-25-17-9-5-8-16(10-17)24-21-22-11-18(12-23-21)27-20-14-26-13-19(28-20)15-6-3-2-4-7-15/h2-3,5-6,8-14H,4,7H2,1H3,(H,22,23,24). The molecule has 0 amide bonds. The number of methoxy groups -OCH3 is 1. The number of rotatable bonds is 6. The molecule has 1 N–H and O–H groups in total. The molecule has 0 unspecified atom stereocenters. The van der Waals surface area contributed by atoms with Crippen LogP contribution >= 0.6 is 0 Å². The first kappa shape index (κ1) is 17.7. The van der Waals surface area contributed by atoms with Crippen LogP contribution in [0, 0.1) is 0 Å². The molecule has 0 saturated heterocycles. The highest BCUT2D eigenvalue weighted by Gasteiger charge is 2.17. The summed E-state index contributed by atoms with van der Waals surface area (Å²) in [7, 11) is 1.62. The van der Waals surface area contributed by atoms with Gasteiger partial charge < -0.3 is 24.3 Å². The Morgan fingerprint density at radius 3 is 2.79 bits per heavy atom. The van der Waals surface area contributed by atoms with Crippen molar-refractivity contribution in [1.29, 1.82) is 0 Å². The van der Waals surface area contributed by atoms with Gasteiger partial charge in [0.25, 0.3) is 0 Å². The number of hydrogen-bond acceptors (Lipinski definition) is 7. The van der Waals surface area contributed by atoms with Gasteiger partial charge in [0.2, 0.25) is 5.95 Å². The third-order valence-electron chi connectivity index (χ3n) is 4.05. The van der Waals surface area contributed by atoms with E-state index in [2.05, 4.69) is 21.4 Å². The summed E-state index contributed by atoms with van der Waals surface area (Å²) < 4.78 is 22.0. The summed E-state index contributed by atoms with van der Waals surface area (Å²) in [6.45, 7) is 0. The van der Waals surface area contributed by atoms with E-state index in [-0.39, 0.29) is 5.95 Å². The quantitative estimate of drug-likeness (QED) is 0.790. The molecule has 1 aromatic carbocycles. The second-order valence-electron chi connectivity index (χ2n) is 6.02. The van der Waals surface area contributed by atoms with Crippen molar-refractivity contribution in [1.82, 2.24) is 9.97 Å². The van der Waals surface area contributed by atoms with E-state index < -0.39 is 0 Å². The molecule has 2 aromatic rings.